The minimum atomic E-state index is -0.216. The molecule has 2 aromatic carbocycles. The van der Waals surface area contributed by atoms with Gasteiger partial charge in [0.25, 0.3) is 0 Å². The van der Waals surface area contributed by atoms with E-state index in [1.807, 2.05) is 0 Å². The summed E-state index contributed by atoms with van der Waals surface area (Å²) in [7, 11) is 0. The molecule has 0 amide bonds. The zero-order valence-electron chi connectivity index (χ0n) is 11.1. The van der Waals surface area contributed by atoms with Crippen LogP contribution >= 0.6 is 22.6 Å². The van der Waals surface area contributed by atoms with Crippen LogP contribution in [-0.2, 0) is 6.42 Å². The quantitative estimate of drug-likeness (QED) is 0.803. The van der Waals surface area contributed by atoms with Crippen LogP contribution in [0.15, 0.2) is 36.4 Å². The molecule has 1 atom stereocenters. The molecule has 2 aromatic rings. The molecule has 1 nitrogen and oxygen atoms in total. The Hall–Kier alpha value is -0.940. The Morgan fingerprint density at radius 2 is 1.84 bits per heavy atom. The molecule has 19 heavy (non-hydrogen) atoms. The van der Waals surface area contributed by atoms with E-state index in [9.17, 15) is 4.39 Å². The van der Waals surface area contributed by atoms with Crippen molar-refractivity contribution < 1.29 is 4.39 Å². The minimum Gasteiger partial charge on any atom is -0.324 e. The highest BCUT2D eigenvalue weighted by atomic mass is 127. The third kappa shape index (κ3) is 3.54. The maximum absolute atomic E-state index is 13.1. The first-order chi connectivity index (χ1) is 8.97. The Morgan fingerprint density at radius 3 is 2.47 bits per heavy atom. The normalized spacial score (nSPS) is 12.5. The van der Waals surface area contributed by atoms with Crippen molar-refractivity contribution in [2.24, 2.45) is 5.73 Å². The molecule has 2 N–H and O–H groups in total. The Bertz CT molecular complexity index is 595. The van der Waals surface area contributed by atoms with Gasteiger partial charge in [-0.05, 0) is 77.2 Å². The number of halogens is 2. The Labute approximate surface area is 127 Å². The van der Waals surface area contributed by atoms with Gasteiger partial charge < -0.3 is 5.73 Å². The molecule has 0 aliphatic rings. The second-order valence-electron chi connectivity index (χ2n) is 4.90. The van der Waals surface area contributed by atoms with Crippen LogP contribution in [0.1, 0.15) is 28.3 Å². The first-order valence-electron chi connectivity index (χ1n) is 6.24. The van der Waals surface area contributed by atoms with Gasteiger partial charge in [-0.3, -0.25) is 0 Å². The fourth-order valence-electron chi connectivity index (χ4n) is 2.10. The van der Waals surface area contributed by atoms with E-state index in [4.69, 9.17) is 5.73 Å². The molecule has 0 fully saturated rings. The lowest BCUT2D eigenvalue weighted by atomic mass is 9.97. The van der Waals surface area contributed by atoms with Gasteiger partial charge in [0.1, 0.15) is 5.82 Å². The van der Waals surface area contributed by atoms with Crippen LogP contribution in [0.5, 0.6) is 0 Å². The highest BCUT2D eigenvalue weighted by molar-refractivity contribution is 14.1. The molecule has 0 bridgehead atoms. The van der Waals surface area contributed by atoms with Gasteiger partial charge in [-0.25, -0.2) is 4.39 Å². The van der Waals surface area contributed by atoms with Crippen molar-refractivity contribution in [3.8, 4) is 0 Å². The molecule has 0 aliphatic carbocycles. The maximum Gasteiger partial charge on any atom is 0.124 e. The molecule has 0 spiro atoms. The second-order valence-corrected chi connectivity index (χ2v) is 6.06. The molecule has 0 radical (unpaired) electrons. The van der Waals surface area contributed by atoms with Crippen LogP contribution in [0, 0.1) is 23.2 Å². The van der Waals surface area contributed by atoms with Crippen molar-refractivity contribution in [1.29, 1.82) is 0 Å². The third-order valence-electron chi connectivity index (χ3n) is 3.39. The summed E-state index contributed by atoms with van der Waals surface area (Å²) in [5.74, 6) is -0.216. The largest absolute Gasteiger partial charge is 0.324 e. The SMILES string of the molecule is Cc1ccc(CC(N)c2ccc(F)cc2I)cc1C. The Balaban J connectivity index is 2.20. The summed E-state index contributed by atoms with van der Waals surface area (Å²) in [5.41, 5.74) is 11.0. The molecular formula is C16H17FIN. The number of aryl methyl sites for hydroxylation is 2. The number of nitrogens with two attached hydrogens (primary N) is 1. The zero-order chi connectivity index (χ0) is 14.0. The second kappa shape index (κ2) is 6.01. The summed E-state index contributed by atoms with van der Waals surface area (Å²) in [5, 5.41) is 0. The van der Waals surface area contributed by atoms with Crippen LogP contribution in [0.3, 0.4) is 0 Å². The first-order valence-corrected chi connectivity index (χ1v) is 7.32. The topological polar surface area (TPSA) is 26.0 Å². The van der Waals surface area contributed by atoms with Gasteiger partial charge in [-0.2, -0.15) is 0 Å². The molecule has 0 saturated heterocycles. The smallest absolute Gasteiger partial charge is 0.124 e. The van der Waals surface area contributed by atoms with Crippen molar-refractivity contribution in [3.05, 3.63) is 68.0 Å². The Kier molecular flexibility index (Phi) is 4.58. The van der Waals surface area contributed by atoms with E-state index >= 15 is 0 Å². The summed E-state index contributed by atoms with van der Waals surface area (Å²) in [6.07, 6.45) is 0.767. The van der Waals surface area contributed by atoms with Gasteiger partial charge in [0.05, 0.1) is 0 Å². The van der Waals surface area contributed by atoms with E-state index in [1.54, 1.807) is 6.07 Å². The van der Waals surface area contributed by atoms with Crippen molar-refractivity contribution in [1.82, 2.24) is 0 Å². The van der Waals surface area contributed by atoms with Gasteiger partial charge in [0.15, 0.2) is 0 Å². The summed E-state index contributed by atoms with van der Waals surface area (Å²) in [6.45, 7) is 4.20. The van der Waals surface area contributed by atoms with Gasteiger partial charge in [0, 0.05) is 9.61 Å². The Morgan fingerprint density at radius 1 is 1.11 bits per heavy atom. The van der Waals surface area contributed by atoms with E-state index in [0.29, 0.717) is 0 Å². The first kappa shape index (κ1) is 14.5. The summed E-state index contributed by atoms with van der Waals surface area (Å²) in [4.78, 5) is 0. The fourth-order valence-corrected chi connectivity index (χ4v) is 2.97. The number of hydrogen-bond acceptors (Lipinski definition) is 1. The standard InChI is InChI=1S/C16H17FIN/c1-10-3-4-12(7-11(10)2)8-16(19)14-6-5-13(17)9-15(14)18/h3-7,9,16H,8,19H2,1-2H3. The molecule has 0 aromatic heterocycles. The average molecular weight is 369 g/mol. The van der Waals surface area contributed by atoms with Gasteiger partial charge in [-0.15, -0.1) is 0 Å². The van der Waals surface area contributed by atoms with E-state index in [0.717, 1.165) is 15.6 Å². The van der Waals surface area contributed by atoms with Crippen molar-refractivity contribution in [2.45, 2.75) is 26.3 Å². The fraction of sp³-hybridized carbons (Fsp3) is 0.250. The maximum atomic E-state index is 13.1. The molecule has 0 heterocycles. The van der Waals surface area contributed by atoms with Gasteiger partial charge in [0.2, 0.25) is 0 Å². The van der Waals surface area contributed by atoms with Crippen molar-refractivity contribution in [3.63, 3.8) is 0 Å². The zero-order valence-corrected chi connectivity index (χ0v) is 13.2. The lowest BCUT2D eigenvalue weighted by Crippen LogP contribution is -2.15. The van der Waals surface area contributed by atoms with Crippen LogP contribution in [0.4, 0.5) is 4.39 Å². The van der Waals surface area contributed by atoms with Crippen molar-refractivity contribution >= 4 is 22.6 Å². The monoisotopic (exact) mass is 369 g/mol. The molecule has 100 valence electrons. The predicted octanol–water partition coefficient (Wildman–Crippen LogP) is 4.29. The highest BCUT2D eigenvalue weighted by Crippen LogP contribution is 2.23. The predicted molar refractivity (Wildman–Crippen MR) is 85.7 cm³/mol. The van der Waals surface area contributed by atoms with Crippen LogP contribution in [-0.4, -0.2) is 0 Å². The van der Waals surface area contributed by atoms with E-state index in [1.165, 1.54) is 28.8 Å². The van der Waals surface area contributed by atoms with Crippen molar-refractivity contribution in [2.75, 3.05) is 0 Å². The number of rotatable bonds is 3. The number of benzene rings is 2. The summed E-state index contributed by atoms with van der Waals surface area (Å²) >= 11 is 2.14. The van der Waals surface area contributed by atoms with Crippen LogP contribution < -0.4 is 5.73 Å². The van der Waals surface area contributed by atoms with Gasteiger partial charge >= 0.3 is 0 Å². The third-order valence-corrected chi connectivity index (χ3v) is 4.32. The van der Waals surface area contributed by atoms with E-state index in [2.05, 4.69) is 54.6 Å². The lowest BCUT2D eigenvalue weighted by molar-refractivity contribution is 0.622. The van der Waals surface area contributed by atoms with Crippen LogP contribution in [0.2, 0.25) is 0 Å². The van der Waals surface area contributed by atoms with Crippen LogP contribution in [0.25, 0.3) is 0 Å². The number of hydrogen-bond donors (Lipinski definition) is 1. The molecule has 0 aliphatic heterocycles. The molecule has 0 saturated carbocycles. The highest BCUT2D eigenvalue weighted by Gasteiger charge is 2.11. The summed E-state index contributed by atoms with van der Waals surface area (Å²) in [6, 6.07) is 11.1. The van der Waals surface area contributed by atoms with E-state index < -0.39 is 0 Å². The summed E-state index contributed by atoms with van der Waals surface area (Å²) < 4.78 is 14.0. The minimum absolute atomic E-state index is 0.102. The molecule has 2 rings (SSSR count). The van der Waals surface area contributed by atoms with E-state index in [-0.39, 0.29) is 11.9 Å². The molecule has 3 heteroatoms. The molecule has 1 unspecified atom stereocenters. The average Bonchev–Trinajstić information content (AvgIpc) is 2.33. The molecular weight excluding hydrogens is 352 g/mol. The lowest BCUT2D eigenvalue weighted by Gasteiger charge is -2.15. The van der Waals surface area contributed by atoms with Gasteiger partial charge in [-0.1, -0.05) is 24.3 Å².